The van der Waals surface area contributed by atoms with Crippen LogP contribution in [-0.2, 0) is 6.54 Å². The average molecular weight is 512 g/mol. The second-order valence-electron chi connectivity index (χ2n) is 9.85. The van der Waals surface area contributed by atoms with Gasteiger partial charge in [0.1, 0.15) is 10.8 Å². The fourth-order valence-electron chi connectivity index (χ4n) is 4.34. The smallest absolute Gasteiger partial charge is 0.414 e. The molecule has 0 atom stereocenters. The Labute approximate surface area is 215 Å². The second kappa shape index (κ2) is 10.1. The maximum Gasteiger partial charge on any atom is 0.414 e. The van der Waals surface area contributed by atoms with E-state index < -0.39 is 11.6 Å². The van der Waals surface area contributed by atoms with E-state index in [2.05, 4.69) is 16.4 Å². The Morgan fingerprint density at radius 1 is 1.31 bits per heavy atom. The Morgan fingerprint density at radius 3 is 2.69 bits per heavy atom. The van der Waals surface area contributed by atoms with E-state index in [0.29, 0.717) is 12.2 Å². The molecular weight excluding hydrogens is 478 g/mol. The Morgan fingerprint density at radius 2 is 2.06 bits per heavy atom. The van der Waals surface area contributed by atoms with E-state index in [1.54, 1.807) is 29.8 Å². The van der Waals surface area contributed by atoms with Crippen molar-refractivity contribution >= 4 is 40.9 Å². The molecule has 11 heteroatoms. The molecule has 4 heterocycles. The third-order valence-electron chi connectivity index (χ3n) is 6.12. The molecule has 1 aliphatic heterocycles. The number of nitrogens with zero attached hydrogens (tertiary/aromatic N) is 6. The third-order valence-corrected chi connectivity index (χ3v) is 7.20. The van der Waals surface area contributed by atoms with Gasteiger partial charge >= 0.3 is 6.09 Å². The van der Waals surface area contributed by atoms with Crippen LogP contribution in [0.25, 0.3) is 17.1 Å². The molecule has 3 aromatic rings. The van der Waals surface area contributed by atoms with Gasteiger partial charge in [-0.3, -0.25) is 4.98 Å². The minimum absolute atomic E-state index is 0.141. The molecule has 0 aliphatic carbocycles. The number of thioether (sulfide) groups is 1. The van der Waals surface area contributed by atoms with Crippen molar-refractivity contribution in [3.63, 3.8) is 0 Å². The summed E-state index contributed by atoms with van der Waals surface area (Å²) in [4.78, 5) is 27.6. The van der Waals surface area contributed by atoms with Gasteiger partial charge in [-0.2, -0.15) is 10.1 Å². The monoisotopic (exact) mass is 511 g/mol. The number of hydrogen-bond donors (Lipinski definition) is 2. The molecule has 0 radical (unpaired) electrons. The standard InChI is InChI=1S/C25H33N7O3S/c1-14-11-27-18(15(2)20(14)35-7)12-31-21-19-17(30-31)10-16(8-9-26-6)13-36-22(19)29-23(28-21)32(24(33)34)25(3,4)5/h10-11,26H,8-9,12-13H2,1-7H3,(H,33,34). The highest BCUT2D eigenvalue weighted by molar-refractivity contribution is 7.99. The lowest BCUT2D eigenvalue weighted by molar-refractivity contribution is 0.195. The van der Waals surface area contributed by atoms with Crippen LogP contribution >= 0.6 is 11.8 Å². The number of pyridine rings is 1. The molecule has 1 aliphatic rings. The molecule has 36 heavy (non-hydrogen) atoms. The van der Waals surface area contributed by atoms with Gasteiger partial charge in [0, 0.05) is 28.6 Å². The van der Waals surface area contributed by atoms with Gasteiger partial charge in [-0.25, -0.2) is 19.4 Å². The van der Waals surface area contributed by atoms with E-state index in [0.717, 1.165) is 57.4 Å². The summed E-state index contributed by atoms with van der Waals surface area (Å²) < 4.78 is 7.39. The van der Waals surface area contributed by atoms with Crippen LogP contribution in [0.2, 0.25) is 0 Å². The highest BCUT2D eigenvalue weighted by atomic mass is 32.2. The number of amides is 1. The molecule has 0 fully saturated rings. The van der Waals surface area contributed by atoms with Gasteiger partial charge in [0.2, 0.25) is 5.95 Å². The number of anilines is 1. The molecule has 0 unspecified atom stereocenters. The van der Waals surface area contributed by atoms with E-state index >= 15 is 0 Å². The maximum absolute atomic E-state index is 12.2. The SMILES string of the molecule is CNCCC1=Cc2nn(Cc3ncc(C)c(OC)c3C)c3nc(N(C(=O)O)C(C)(C)C)nc(c23)SC1. The Hall–Kier alpha value is -3.18. The minimum atomic E-state index is -1.10. The van der Waals surface area contributed by atoms with Crippen LogP contribution in [0.5, 0.6) is 5.75 Å². The van der Waals surface area contributed by atoms with Gasteiger partial charge in [-0.15, -0.1) is 11.8 Å². The highest BCUT2D eigenvalue weighted by Gasteiger charge is 2.32. The first-order chi connectivity index (χ1) is 17.0. The van der Waals surface area contributed by atoms with Crippen molar-refractivity contribution in [3.05, 3.63) is 34.3 Å². The summed E-state index contributed by atoms with van der Waals surface area (Å²) in [6.45, 7) is 10.6. The summed E-state index contributed by atoms with van der Waals surface area (Å²) in [5.74, 6) is 1.69. The van der Waals surface area contributed by atoms with Gasteiger partial charge in [0.25, 0.3) is 0 Å². The van der Waals surface area contributed by atoms with E-state index in [9.17, 15) is 9.90 Å². The lowest BCUT2D eigenvalue weighted by Gasteiger charge is -2.31. The van der Waals surface area contributed by atoms with Crippen molar-refractivity contribution in [3.8, 4) is 5.75 Å². The molecule has 0 bridgehead atoms. The van der Waals surface area contributed by atoms with Crippen LogP contribution in [0, 0.1) is 13.8 Å². The normalized spacial score (nSPS) is 13.5. The zero-order valence-corrected chi connectivity index (χ0v) is 22.7. The van der Waals surface area contributed by atoms with Crippen molar-refractivity contribution in [2.75, 3.05) is 31.4 Å². The summed E-state index contributed by atoms with van der Waals surface area (Å²) in [5.41, 5.74) is 4.58. The summed E-state index contributed by atoms with van der Waals surface area (Å²) in [5, 5.41) is 19.7. The van der Waals surface area contributed by atoms with Gasteiger partial charge in [-0.05, 0) is 60.7 Å². The first-order valence-corrected chi connectivity index (χ1v) is 12.8. The van der Waals surface area contributed by atoms with E-state index in [-0.39, 0.29) is 5.95 Å². The number of aryl methyl sites for hydroxylation is 1. The number of aromatic nitrogens is 5. The molecule has 3 aromatic heterocycles. The van der Waals surface area contributed by atoms with Gasteiger partial charge < -0.3 is 15.2 Å². The molecule has 0 saturated heterocycles. The summed E-state index contributed by atoms with van der Waals surface area (Å²) in [6, 6.07) is 0. The fraction of sp³-hybridized carbons (Fsp3) is 0.480. The minimum Gasteiger partial charge on any atom is -0.496 e. The topological polar surface area (TPSA) is 118 Å². The third kappa shape index (κ3) is 4.90. The molecule has 192 valence electrons. The number of hydrogen-bond acceptors (Lipinski definition) is 8. The van der Waals surface area contributed by atoms with Crippen molar-refractivity contribution in [1.29, 1.82) is 0 Å². The van der Waals surface area contributed by atoms with E-state index in [4.69, 9.17) is 19.8 Å². The van der Waals surface area contributed by atoms with Crippen LogP contribution in [0.4, 0.5) is 10.7 Å². The van der Waals surface area contributed by atoms with Crippen LogP contribution in [0.15, 0.2) is 16.8 Å². The predicted octanol–water partition coefficient (Wildman–Crippen LogP) is 4.28. The number of rotatable bonds is 7. The first kappa shape index (κ1) is 25.9. The van der Waals surface area contributed by atoms with Crippen molar-refractivity contribution in [2.24, 2.45) is 0 Å². The number of carbonyl (C=O) groups is 1. The molecule has 0 aromatic carbocycles. The Balaban J connectivity index is 1.92. The lowest BCUT2D eigenvalue weighted by atomic mass is 10.1. The molecular formula is C25H33N7O3S. The zero-order valence-electron chi connectivity index (χ0n) is 21.8. The lowest BCUT2D eigenvalue weighted by Crippen LogP contribution is -2.46. The van der Waals surface area contributed by atoms with Crippen LogP contribution in [0.3, 0.4) is 0 Å². The summed E-state index contributed by atoms with van der Waals surface area (Å²) in [6.07, 6.45) is 3.68. The van der Waals surface area contributed by atoms with Crippen molar-refractivity contribution in [1.82, 2.24) is 30.0 Å². The quantitative estimate of drug-likeness (QED) is 0.448. The number of ether oxygens (including phenoxy) is 1. The van der Waals surface area contributed by atoms with Crippen LogP contribution < -0.4 is 15.0 Å². The van der Waals surface area contributed by atoms with E-state index in [1.165, 1.54) is 10.5 Å². The molecule has 1 amide bonds. The highest BCUT2D eigenvalue weighted by Crippen LogP contribution is 2.37. The second-order valence-corrected chi connectivity index (χ2v) is 10.8. The number of methoxy groups -OCH3 is 1. The largest absolute Gasteiger partial charge is 0.496 e. The Kier molecular flexibility index (Phi) is 7.24. The average Bonchev–Trinajstić information content (AvgIpc) is 3.02. The van der Waals surface area contributed by atoms with Crippen molar-refractivity contribution < 1.29 is 14.6 Å². The molecule has 2 N–H and O–H groups in total. The molecule has 10 nitrogen and oxygen atoms in total. The number of nitrogens with one attached hydrogen (secondary N) is 1. The molecule has 0 spiro atoms. The molecule has 4 rings (SSSR count). The Bertz CT molecular complexity index is 1340. The summed E-state index contributed by atoms with van der Waals surface area (Å²) >= 11 is 1.59. The van der Waals surface area contributed by atoms with Crippen LogP contribution in [0.1, 0.15) is 49.7 Å². The zero-order chi connectivity index (χ0) is 26.2. The number of carboxylic acid groups (broad SMARTS) is 1. The predicted molar refractivity (Wildman–Crippen MR) is 142 cm³/mol. The van der Waals surface area contributed by atoms with Gasteiger partial charge in [0.15, 0.2) is 5.65 Å². The van der Waals surface area contributed by atoms with E-state index in [1.807, 2.05) is 41.7 Å². The van der Waals surface area contributed by atoms with Gasteiger partial charge in [0.05, 0.1) is 30.4 Å². The van der Waals surface area contributed by atoms with Gasteiger partial charge in [-0.1, -0.05) is 5.57 Å². The van der Waals surface area contributed by atoms with Crippen LogP contribution in [-0.4, -0.2) is 67.9 Å². The molecule has 0 saturated carbocycles. The fourth-order valence-corrected chi connectivity index (χ4v) is 5.38. The first-order valence-electron chi connectivity index (χ1n) is 11.8. The van der Waals surface area contributed by atoms with Crippen molar-refractivity contribution in [2.45, 2.75) is 58.1 Å². The maximum atomic E-state index is 12.2. The summed E-state index contributed by atoms with van der Waals surface area (Å²) in [7, 11) is 3.59.